The molecule has 25 heavy (non-hydrogen) atoms. The third-order valence-corrected chi connectivity index (χ3v) is 3.84. The van der Waals surface area contributed by atoms with Crippen molar-refractivity contribution in [1.29, 1.82) is 0 Å². The van der Waals surface area contributed by atoms with Crippen molar-refractivity contribution in [2.45, 2.75) is 19.4 Å². The first kappa shape index (κ1) is 16.8. The maximum atomic E-state index is 12.0. The van der Waals surface area contributed by atoms with E-state index in [9.17, 15) is 4.79 Å². The second kappa shape index (κ2) is 7.70. The Bertz CT molecular complexity index is 840. The summed E-state index contributed by atoms with van der Waals surface area (Å²) < 4.78 is 16.1. The van der Waals surface area contributed by atoms with Crippen molar-refractivity contribution in [2.75, 3.05) is 14.2 Å². The van der Waals surface area contributed by atoms with Gasteiger partial charge in [0.2, 0.25) is 5.91 Å². The zero-order valence-corrected chi connectivity index (χ0v) is 14.2. The fourth-order valence-corrected chi connectivity index (χ4v) is 2.53. The molecule has 0 bridgehead atoms. The average Bonchev–Trinajstić information content (AvgIpc) is 3.07. The van der Waals surface area contributed by atoms with Gasteiger partial charge in [-0.05, 0) is 29.8 Å². The Balaban J connectivity index is 1.52. The molecule has 1 amide bonds. The van der Waals surface area contributed by atoms with Gasteiger partial charge in [-0.2, -0.15) is 0 Å². The molecule has 0 atom stereocenters. The van der Waals surface area contributed by atoms with Crippen LogP contribution in [0.3, 0.4) is 0 Å². The largest absolute Gasteiger partial charge is 0.493 e. The van der Waals surface area contributed by atoms with Crippen LogP contribution in [0.2, 0.25) is 0 Å². The number of amides is 1. The van der Waals surface area contributed by atoms with E-state index in [4.69, 9.17) is 13.9 Å². The molecule has 0 unspecified atom stereocenters. The minimum absolute atomic E-state index is 0.0583. The molecule has 1 N–H and O–H groups in total. The molecule has 0 saturated carbocycles. The quantitative estimate of drug-likeness (QED) is 0.715. The number of nitrogens with zero attached hydrogens (tertiary/aromatic N) is 1. The Morgan fingerprint density at radius 3 is 2.68 bits per heavy atom. The first-order chi connectivity index (χ1) is 12.2. The van der Waals surface area contributed by atoms with Gasteiger partial charge in [-0.25, -0.2) is 4.98 Å². The van der Waals surface area contributed by atoms with Gasteiger partial charge in [-0.15, -0.1) is 0 Å². The molecule has 2 aromatic carbocycles. The van der Waals surface area contributed by atoms with E-state index in [1.54, 1.807) is 14.2 Å². The molecule has 0 saturated heterocycles. The number of hydrogen-bond acceptors (Lipinski definition) is 5. The lowest BCUT2D eigenvalue weighted by molar-refractivity contribution is -0.121. The normalized spacial score (nSPS) is 10.6. The number of fused-ring (bicyclic) bond motifs is 1. The van der Waals surface area contributed by atoms with Gasteiger partial charge in [0.15, 0.2) is 23.0 Å². The summed E-state index contributed by atoms with van der Waals surface area (Å²) in [6.07, 6.45) is 0.784. The highest BCUT2D eigenvalue weighted by molar-refractivity contribution is 5.76. The SMILES string of the molecule is COc1ccc(CNC(=O)CCc2nc3ccccc3o2)cc1OC. The number of oxazole rings is 1. The van der Waals surface area contributed by atoms with Gasteiger partial charge >= 0.3 is 0 Å². The number of para-hydroxylation sites is 2. The highest BCUT2D eigenvalue weighted by atomic mass is 16.5. The molecule has 0 fully saturated rings. The minimum atomic E-state index is -0.0583. The predicted octanol–water partition coefficient (Wildman–Crippen LogP) is 3.09. The molecule has 6 heteroatoms. The van der Waals surface area contributed by atoms with Crippen molar-refractivity contribution in [3.8, 4) is 11.5 Å². The highest BCUT2D eigenvalue weighted by Gasteiger charge is 2.09. The van der Waals surface area contributed by atoms with Crippen LogP contribution in [0.25, 0.3) is 11.1 Å². The van der Waals surface area contributed by atoms with Gasteiger partial charge in [-0.3, -0.25) is 4.79 Å². The van der Waals surface area contributed by atoms with E-state index in [0.29, 0.717) is 36.8 Å². The lowest BCUT2D eigenvalue weighted by Crippen LogP contribution is -2.23. The van der Waals surface area contributed by atoms with E-state index in [1.807, 2.05) is 42.5 Å². The zero-order valence-electron chi connectivity index (χ0n) is 14.2. The van der Waals surface area contributed by atoms with Crippen LogP contribution in [-0.4, -0.2) is 25.1 Å². The highest BCUT2D eigenvalue weighted by Crippen LogP contribution is 2.27. The molecule has 1 aromatic heterocycles. The number of aromatic nitrogens is 1. The third kappa shape index (κ3) is 4.09. The van der Waals surface area contributed by atoms with Crippen molar-refractivity contribution < 1.29 is 18.7 Å². The summed E-state index contributed by atoms with van der Waals surface area (Å²) in [7, 11) is 3.17. The van der Waals surface area contributed by atoms with Crippen molar-refractivity contribution in [1.82, 2.24) is 10.3 Å². The molecule has 0 spiro atoms. The number of aryl methyl sites for hydroxylation is 1. The first-order valence-electron chi connectivity index (χ1n) is 8.01. The van der Waals surface area contributed by atoms with E-state index in [1.165, 1.54) is 0 Å². The first-order valence-corrected chi connectivity index (χ1v) is 8.01. The summed E-state index contributed by atoms with van der Waals surface area (Å²) in [5, 5.41) is 2.89. The van der Waals surface area contributed by atoms with Crippen LogP contribution in [0.15, 0.2) is 46.9 Å². The van der Waals surface area contributed by atoms with Crippen LogP contribution in [0.1, 0.15) is 17.9 Å². The van der Waals surface area contributed by atoms with Crippen molar-refractivity contribution in [3.05, 3.63) is 53.9 Å². The van der Waals surface area contributed by atoms with Crippen LogP contribution in [-0.2, 0) is 17.8 Å². The van der Waals surface area contributed by atoms with Gasteiger partial charge in [0.05, 0.1) is 14.2 Å². The summed E-state index contributed by atoms with van der Waals surface area (Å²) >= 11 is 0. The Kier molecular flexibility index (Phi) is 5.18. The Morgan fingerprint density at radius 2 is 1.92 bits per heavy atom. The average molecular weight is 340 g/mol. The van der Waals surface area contributed by atoms with Crippen LogP contribution < -0.4 is 14.8 Å². The number of nitrogens with one attached hydrogen (secondary N) is 1. The summed E-state index contributed by atoms with van der Waals surface area (Å²) in [6.45, 7) is 0.423. The van der Waals surface area contributed by atoms with E-state index in [0.717, 1.165) is 16.7 Å². The van der Waals surface area contributed by atoms with E-state index < -0.39 is 0 Å². The maximum Gasteiger partial charge on any atom is 0.220 e. The number of methoxy groups -OCH3 is 2. The lowest BCUT2D eigenvalue weighted by Gasteiger charge is -2.10. The Hall–Kier alpha value is -3.02. The molecule has 130 valence electrons. The van der Waals surface area contributed by atoms with Gasteiger partial charge in [-0.1, -0.05) is 18.2 Å². The summed E-state index contributed by atoms with van der Waals surface area (Å²) in [5.74, 6) is 1.81. The number of benzene rings is 2. The van der Waals surface area contributed by atoms with Crippen molar-refractivity contribution in [3.63, 3.8) is 0 Å². The monoisotopic (exact) mass is 340 g/mol. The van der Waals surface area contributed by atoms with E-state index in [-0.39, 0.29) is 5.91 Å². The van der Waals surface area contributed by atoms with Gasteiger partial charge in [0.25, 0.3) is 0 Å². The fourth-order valence-electron chi connectivity index (χ4n) is 2.53. The van der Waals surface area contributed by atoms with Crippen LogP contribution >= 0.6 is 0 Å². The number of ether oxygens (including phenoxy) is 2. The molecular formula is C19H20N2O4. The van der Waals surface area contributed by atoms with Gasteiger partial charge in [0, 0.05) is 19.4 Å². The van der Waals surface area contributed by atoms with Crippen LogP contribution in [0, 0.1) is 0 Å². The van der Waals surface area contributed by atoms with Crippen molar-refractivity contribution in [2.24, 2.45) is 0 Å². The second-order valence-corrected chi connectivity index (χ2v) is 5.54. The topological polar surface area (TPSA) is 73.6 Å². The van der Waals surface area contributed by atoms with Gasteiger partial charge < -0.3 is 19.2 Å². The Labute approximate surface area is 145 Å². The lowest BCUT2D eigenvalue weighted by atomic mass is 10.2. The summed E-state index contributed by atoms with van der Waals surface area (Å²) in [6, 6.07) is 13.1. The maximum absolute atomic E-state index is 12.0. The Morgan fingerprint density at radius 1 is 1.12 bits per heavy atom. The smallest absolute Gasteiger partial charge is 0.220 e. The number of rotatable bonds is 7. The molecule has 3 rings (SSSR count). The van der Waals surface area contributed by atoms with Gasteiger partial charge in [0.1, 0.15) is 5.52 Å². The fraction of sp³-hybridized carbons (Fsp3) is 0.263. The molecule has 0 aliphatic heterocycles. The van der Waals surface area contributed by atoms with E-state index in [2.05, 4.69) is 10.3 Å². The summed E-state index contributed by atoms with van der Waals surface area (Å²) in [5.41, 5.74) is 2.49. The molecule has 0 aliphatic rings. The summed E-state index contributed by atoms with van der Waals surface area (Å²) in [4.78, 5) is 16.4. The van der Waals surface area contributed by atoms with E-state index >= 15 is 0 Å². The predicted molar refractivity (Wildman–Crippen MR) is 93.7 cm³/mol. The standard InChI is InChI=1S/C19H20N2O4/c1-23-16-8-7-13(11-17(16)24-2)12-20-18(22)9-10-19-21-14-5-3-4-6-15(14)25-19/h3-8,11H,9-10,12H2,1-2H3,(H,20,22). The second-order valence-electron chi connectivity index (χ2n) is 5.54. The third-order valence-electron chi connectivity index (χ3n) is 3.84. The number of hydrogen-bond donors (Lipinski definition) is 1. The van der Waals surface area contributed by atoms with Crippen LogP contribution in [0.4, 0.5) is 0 Å². The zero-order chi connectivity index (χ0) is 17.6. The molecular weight excluding hydrogens is 320 g/mol. The minimum Gasteiger partial charge on any atom is -0.493 e. The molecule has 1 heterocycles. The molecule has 6 nitrogen and oxygen atoms in total. The number of carbonyl (C=O) groups is 1. The number of carbonyl (C=O) groups excluding carboxylic acids is 1. The molecule has 3 aromatic rings. The molecule has 0 radical (unpaired) electrons. The van der Waals surface area contributed by atoms with Crippen molar-refractivity contribution >= 4 is 17.0 Å². The van der Waals surface area contributed by atoms with Crippen LogP contribution in [0.5, 0.6) is 11.5 Å². The molecule has 0 aliphatic carbocycles.